The van der Waals surface area contributed by atoms with Crippen molar-refractivity contribution in [2.45, 2.75) is 32.1 Å². The van der Waals surface area contributed by atoms with E-state index in [-0.39, 0.29) is 41.1 Å². The van der Waals surface area contributed by atoms with Crippen molar-refractivity contribution in [3.63, 3.8) is 0 Å². The number of imide groups is 2. The first-order valence-electron chi connectivity index (χ1n) is 16.5. The number of carbonyl (C=O) groups is 4. The molecule has 2 heterocycles. The number of nitrogens with zero attached hydrogens (tertiary/aromatic N) is 2. The number of allylic oxidation sites excluding steroid dienone is 3. The van der Waals surface area contributed by atoms with Crippen molar-refractivity contribution >= 4 is 52.7 Å². The van der Waals surface area contributed by atoms with Crippen LogP contribution >= 0.6 is 11.6 Å². The number of rotatable bonds is 5. The van der Waals surface area contributed by atoms with Crippen LogP contribution in [0.5, 0.6) is 11.5 Å². The quantitative estimate of drug-likeness (QED) is 0.159. The molecule has 7 rings (SSSR count). The van der Waals surface area contributed by atoms with Crippen LogP contribution < -0.4 is 14.5 Å². The van der Waals surface area contributed by atoms with Crippen molar-refractivity contribution in [3.8, 4) is 11.5 Å². The molecule has 6 unspecified atom stereocenters. The van der Waals surface area contributed by atoms with Gasteiger partial charge in [0.05, 0.1) is 57.8 Å². The highest BCUT2D eigenvalue weighted by Crippen LogP contribution is 2.61. The summed E-state index contributed by atoms with van der Waals surface area (Å²) in [6, 6.07) is 8.26. The predicted octanol–water partition coefficient (Wildman–Crippen LogP) is 8.21. The molecule has 1 saturated carbocycles. The molecule has 3 aromatic rings. The molecule has 282 valence electrons. The number of phenols is 1. The number of methoxy groups -OCH3 is 1. The van der Waals surface area contributed by atoms with Gasteiger partial charge < -0.3 is 9.84 Å². The molecule has 0 radical (unpaired) electrons. The second-order valence-corrected chi connectivity index (χ2v) is 14.3. The largest absolute Gasteiger partial charge is 0.504 e. The Bertz CT molecular complexity index is 2170. The van der Waals surface area contributed by atoms with Gasteiger partial charge in [-0.2, -0.15) is 26.3 Å². The number of anilines is 2. The van der Waals surface area contributed by atoms with Crippen LogP contribution in [0.1, 0.15) is 36.5 Å². The second-order valence-electron chi connectivity index (χ2n) is 13.9. The van der Waals surface area contributed by atoms with E-state index in [1.54, 1.807) is 31.2 Å². The molecule has 3 aromatic carbocycles. The number of fused-ring (bicyclic) bond motifs is 4. The molecule has 3 fully saturated rings. The lowest BCUT2D eigenvalue weighted by atomic mass is 9.52. The van der Waals surface area contributed by atoms with E-state index in [2.05, 4.69) is 0 Å². The van der Waals surface area contributed by atoms with Crippen LogP contribution in [0.2, 0.25) is 5.02 Å². The van der Waals surface area contributed by atoms with Gasteiger partial charge in [-0.3, -0.25) is 19.2 Å². The first kappa shape index (κ1) is 37.1. The maximum atomic E-state index is 14.5. The minimum atomic E-state index is -5.24. The molecule has 8 nitrogen and oxygen atoms in total. The molecule has 6 atom stereocenters. The van der Waals surface area contributed by atoms with Crippen LogP contribution in [-0.4, -0.2) is 35.8 Å². The first-order valence-corrected chi connectivity index (χ1v) is 16.9. The Morgan fingerprint density at radius 2 is 1.52 bits per heavy atom. The monoisotopic (exact) mass is 776 g/mol. The van der Waals surface area contributed by atoms with Crippen molar-refractivity contribution in [1.82, 2.24) is 0 Å². The molecule has 2 aliphatic heterocycles. The Morgan fingerprint density at radius 1 is 0.852 bits per heavy atom. The fourth-order valence-corrected chi connectivity index (χ4v) is 8.59. The minimum absolute atomic E-state index is 0.0174. The van der Waals surface area contributed by atoms with E-state index >= 15 is 0 Å². The zero-order valence-electron chi connectivity index (χ0n) is 28.1. The summed E-state index contributed by atoms with van der Waals surface area (Å²) >= 11 is 6.01. The number of hydrogen-bond donors (Lipinski definition) is 1. The standard InChI is InChI=1S/C38H28ClF7N2O6/c1-36-25(8-3-17-4-10-29(49)30(11-17)54-2)22-6-7-23-31(24(22)16-26(36)33(51)48(35(36)53)20-5-9-28(40)27(39)15-20)34(52)47(32(23)50)21-13-18(37(41,42)43)12-19(14-21)38(44,45)46/h3-6,8-15,23-26,31,49H,7,16H2,1-2H3. The minimum Gasteiger partial charge on any atom is -0.504 e. The second kappa shape index (κ2) is 12.7. The van der Waals surface area contributed by atoms with E-state index in [4.69, 9.17) is 16.3 Å². The SMILES string of the molecule is COc1cc(C=CC2C3=CCC4C(=O)N(c5cc(C(F)(F)F)cc(C(F)(F)F)c5)C(=O)C4C3CC3C(=O)N(c4ccc(F)c(Cl)c4)C(=O)C23C)ccc1O. The summed E-state index contributed by atoms with van der Waals surface area (Å²) < 4.78 is 102. The van der Waals surface area contributed by atoms with Gasteiger partial charge in [-0.25, -0.2) is 14.2 Å². The Labute approximate surface area is 307 Å². The summed E-state index contributed by atoms with van der Waals surface area (Å²) in [5.41, 5.74) is -4.88. The fourth-order valence-electron chi connectivity index (χ4n) is 8.42. The Kier molecular flexibility index (Phi) is 8.74. The molecular formula is C38H28ClF7N2O6. The number of alkyl halides is 6. The lowest BCUT2D eigenvalue weighted by Crippen LogP contribution is -2.49. The van der Waals surface area contributed by atoms with Gasteiger partial charge in [0.1, 0.15) is 5.82 Å². The number of carbonyl (C=O) groups excluding carboxylic acids is 4. The van der Waals surface area contributed by atoms with E-state index < -0.39 is 93.6 Å². The van der Waals surface area contributed by atoms with Crippen LogP contribution in [0.15, 0.2) is 72.3 Å². The first-order chi connectivity index (χ1) is 25.3. The van der Waals surface area contributed by atoms with E-state index in [9.17, 15) is 55.0 Å². The van der Waals surface area contributed by atoms with Gasteiger partial charge in [0.25, 0.3) is 0 Å². The molecule has 4 aliphatic rings. The van der Waals surface area contributed by atoms with Crippen molar-refractivity contribution in [3.05, 3.63) is 99.9 Å². The Morgan fingerprint density at radius 3 is 2.13 bits per heavy atom. The van der Waals surface area contributed by atoms with E-state index in [0.29, 0.717) is 28.2 Å². The highest BCUT2D eigenvalue weighted by atomic mass is 35.5. The van der Waals surface area contributed by atoms with Crippen LogP contribution in [0.4, 0.5) is 42.1 Å². The van der Waals surface area contributed by atoms with Crippen molar-refractivity contribution in [2.75, 3.05) is 16.9 Å². The number of phenolic OH excluding ortho intramolecular Hbond substituents is 1. The molecule has 16 heteroatoms. The van der Waals surface area contributed by atoms with Gasteiger partial charge in [0.2, 0.25) is 23.6 Å². The van der Waals surface area contributed by atoms with E-state index in [1.807, 2.05) is 0 Å². The van der Waals surface area contributed by atoms with Gasteiger partial charge >= 0.3 is 12.4 Å². The molecular weight excluding hydrogens is 749 g/mol. The molecule has 0 spiro atoms. The van der Waals surface area contributed by atoms with Gasteiger partial charge in [-0.05, 0) is 79.8 Å². The van der Waals surface area contributed by atoms with Crippen molar-refractivity contribution in [1.29, 1.82) is 0 Å². The summed E-state index contributed by atoms with van der Waals surface area (Å²) in [7, 11) is 1.34. The highest BCUT2D eigenvalue weighted by molar-refractivity contribution is 6.31. The summed E-state index contributed by atoms with van der Waals surface area (Å²) in [5, 5.41) is 9.74. The maximum absolute atomic E-state index is 14.5. The normalized spacial score (nSPS) is 27.0. The third-order valence-electron chi connectivity index (χ3n) is 11.0. The van der Waals surface area contributed by atoms with Gasteiger partial charge in [0, 0.05) is 5.92 Å². The summed E-state index contributed by atoms with van der Waals surface area (Å²) in [6.07, 6.45) is -5.93. The van der Waals surface area contributed by atoms with E-state index in [0.717, 1.165) is 17.0 Å². The summed E-state index contributed by atoms with van der Waals surface area (Å²) in [4.78, 5) is 58.0. The molecule has 0 aromatic heterocycles. The average molecular weight is 777 g/mol. The number of ether oxygens (including phenoxy) is 1. The average Bonchev–Trinajstić information content (AvgIpc) is 3.48. The molecule has 4 amide bonds. The highest BCUT2D eigenvalue weighted by Gasteiger charge is 2.67. The number of halogens is 8. The number of aromatic hydroxyl groups is 1. The molecule has 2 saturated heterocycles. The van der Waals surface area contributed by atoms with Gasteiger partial charge in [-0.15, -0.1) is 0 Å². The van der Waals surface area contributed by atoms with Crippen molar-refractivity contribution < 1.29 is 59.8 Å². The number of amides is 4. The smallest absolute Gasteiger partial charge is 0.416 e. The zero-order valence-corrected chi connectivity index (χ0v) is 28.9. The fraction of sp³-hybridized carbons (Fsp3) is 0.316. The van der Waals surface area contributed by atoms with Crippen LogP contribution in [0.3, 0.4) is 0 Å². The van der Waals surface area contributed by atoms with Gasteiger partial charge in [-0.1, -0.05) is 41.5 Å². The molecule has 54 heavy (non-hydrogen) atoms. The van der Waals surface area contributed by atoms with E-state index in [1.165, 1.54) is 25.3 Å². The lowest BCUT2D eigenvalue weighted by molar-refractivity contribution is -0.143. The number of hydrogen-bond acceptors (Lipinski definition) is 6. The Balaban J connectivity index is 1.34. The number of benzene rings is 3. The van der Waals surface area contributed by atoms with Crippen LogP contribution in [0, 0.1) is 40.8 Å². The lowest BCUT2D eigenvalue weighted by Gasteiger charge is -2.47. The van der Waals surface area contributed by atoms with Crippen LogP contribution in [0.25, 0.3) is 6.08 Å². The summed E-state index contributed by atoms with van der Waals surface area (Å²) in [6.45, 7) is 1.56. The Hall–Kier alpha value is -5.18. The van der Waals surface area contributed by atoms with Gasteiger partial charge in [0.15, 0.2) is 11.5 Å². The van der Waals surface area contributed by atoms with Crippen LogP contribution in [-0.2, 0) is 31.5 Å². The molecule has 2 aliphatic carbocycles. The molecule has 0 bridgehead atoms. The molecule has 1 N–H and O–H groups in total. The third kappa shape index (κ3) is 5.74. The maximum Gasteiger partial charge on any atom is 0.416 e. The summed E-state index contributed by atoms with van der Waals surface area (Å²) in [5.74, 6) is -9.77. The predicted molar refractivity (Wildman–Crippen MR) is 179 cm³/mol. The van der Waals surface area contributed by atoms with Crippen molar-refractivity contribution in [2.24, 2.45) is 35.0 Å². The topological polar surface area (TPSA) is 104 Å². The third-order valence-corrected chi connectivity index (χ3v) is 11.3. The zero-order chi connectivity index (χ0) is 39.2.